The van der Waals surface area contributed by atoms with E-state index in [0.29, 0.717) is 5.82 Å². The molecule has 0 bridgehead atoms. The van der Waals surface area contributed by atoms with Crippen molar-refractivity contribution in [3.63, 3.8) is 0 Å². The van der Waals surface area contributed by atoms with E-state index < -0.39 is 0 Å². The van der Waals surface area contributed by atoms with E-state index in [4.69, 9.17) is 10.3 Å². The van der Waals surface area contributed by atoms with E-state index in [2.05, 4.69) is 27.7 Å². The van der Waals surface area contributed by atoms with Crippen molar-refractivity contribution >= 4 is 28.4 Å². The van der Waals surface area contributed by atoms with Crippen LogP contribution in [0.25, 0.3) is 0 Å². The molecule has 1 aromatic rings. The molecule has 4 heteroatoms. The largest absolute Gasteiger partial charge is 0.380 e. The highest BCUT2D eigenvalue weighted by molar-refractivity contribution is 14.1. The zero-order valence-electron chi connectivity index (χ0n) is 8.84. The third kappa shape index (κ3) is 2.86. The molecule has 0 saturated heterocycles. The first-order chi connectivity index (χ1) is 7.27. The normalized spacial score (nSPS) is 19.0. The van der Waals surface area contributed by atoms with Crippen LogP contribution in [0.3, 0.4) is 0 Å². The van der Waals surface area contributed by atoms with E-state index in [9.17, 15) is 0 Å². The Morgan fingerprint density at radius 1 is 1.27 bits per heavy atom. The molecule has 15 heavy (non-hydrogen) atoms. The number of aromatic nitrogens is 1. The van der Waals surface area contributed by atoms with E-state index in [1.54, 1.807) is 0 Å². The van der Waals surface area contributed by atoms with Crippen LogP contribution in [0, 0.1) is 9.49 Å². The summed E-state index contributed by atoms with van der Waals surface area (Å²) in [6, 6.07) is 0. The second-order valence-corrected chi connectivity index (χ2v) is 5.45. The van der Waals surface area contributed by atoms with Crippen LogP contribution in [0.2, 0.25) is 0 Å². The Kier molecular flexibility index (Phi) is 3.88. The maximum Gasteiger partial charge on any atom is 0.180 e. The molecule has 1 saturated carbocycles. The summed E-state index contributed by atoms with van der Waals surface area (Å²) in [5, 5.41) is 3.80. The van der Waals surface area contributed by atoms with E-state index in [1.807, 2.05) is 0 Å². The summed E-state index contributed by atoms with van der Waals surface area (Å²) < 4.78 is 6.27. The predicted molar refractivity (Wildman–Crippen MR) is 68.5 cm³/mol. The fourth-order valence-corrected chi connectivity index (χ4v) is 2.70. The van der Waals surface area contributed by atoms with Crippen LogP contribution in [-0.2, 0) is 6.42 Å². The average Bonchev–Trinajstić information content (AvgIpc) is 2.50. The molecule has 1 heterocycles. The molecule has 1 aromatic heterocycles. The van der Waals surface area contributed by atoms with Gasteiger partial charge in [-0.25, -0.2) is 0 Å². The van der Waals surface area contributed by atoms with Gasteiger partial charge in [0.15, 0.2) is 11.6 Å². The zero-order valence-corrected chi connectivity index (χ0v) is 11.0. The van der Waals surface area contributed by atoms with Crippen molar-refractivity contribution in [3.05, 3.63) is 9.33 Å². The van der Waals surface area contributed by atoms with Gasteiger partial charge in [-0.05, 0) is 28.5 Å². The number of rotatable bonds is 2. The molecule has 3 nitrogen and oxygen atoms in total. The van der Waals surface area contributed by atoms with Gasteiger partial charge in [0, 0.05) is 6.42 Å². The van der Waals surface area contributed by atoms with Crippen molar-refractivity contribution in [2.24, 2.45) is 5.92 Å². The number of nitrogens with zero attached hydrogens (tertiary/aromatic N) is 1. The molecule has 0 unspecified atom stereocenters. The van der Waals surface area contributed by atoms with Gasteiger partial charge in [0.2, 0.25) is 0 Å². The minimum atomic E-state index is 0.541. The third-order valence-electron chi connectivity index (χ3n) is 3.17. The Balaban J connectivity index is 1.98. The minimum Gasteiger partial charge on any atom is -0.380 e. The molecule has 0 aliphatic heterocycles. The second kappa shape index (κ2) is 5.18. The van der Waals surface area contributed by atoms with Crippen LogP contribution >= 0.6 is 22.6 Å². The third-order valence-corrected chi connectivity index (χ3v) is 4.33. The lowest BCUT2D eigenvalue weighted by atomic mass is 9.95. The Hall–Kier alpha value is -0.260. The number of halogens is 1. The summed E-state index contributed by atoms with van der Waals surface area (Å²) in [5.74, 6) is 2.30. The topological polar surface area (TPSA) is 52.0 Å². The molecule has 0 aromatic carbocycles. The maximum absolute atomic E-state index is 5.66. The zero-order chi connectivity index (χ0) is 10.7. The number of hydrogen-bond donors (Lipinski definition) is 1. The van der Waals surface area contributed by atoms with E-state index in [-0.39, 0.29) is 0 Å². The first kappa shape index (κ1) is 11.2. The number of anilines is 1. The molecule has 0 atom stereocenters. The van der Waals surface area contributed by atoms with Gasteiger partial charge in [0.05, 0.1) is 3.57 Å². The molecule has 1 aliphatic carbocycles. The fourth-order valence-electron chi connectivity index (χ4n) is 2.28. The van der Waals surface area contributed by atoms with Crippen molar-refractivity contribution in [2.45, 2.75) is 44.9 Å². The summed E-state index contributed by atoms with van der Waals surface area (Å²) in [6.45, 7) is 0. The van der Waals surface area contributed by atoms with Gasteiger partial charge in [-0.15, -0.1) is 0 Å². The molecule has 1 aliphatic rings. The molecule has 2 rings (SSSR count). The van der Waals surface area contributed by atoms with Crippen LogP contribution in [0.4, 0.5) is 5.82 Å². The first-order valence-electron chi connectivity index (χ1n) is 5.67. The predicted octanol–water partition coefficient (Wildman–Crippen LogP) is 3.37. The summed E-state index contributed by atoms with van der Waals surface area (Å²) in [7, 11) is 0. The molecule has 1 fully saturated rings. The van der Waals surface area contributed by atoms with Crippen LogP contribution in [0.15, 0.2) is 4.52 Å². The van der Waals surface area contributed by atoms with Crippen LogP contribution in [-0.4, -0.2) is 5.16 Å². The Morgan fingerprint density at radius 2 is 1.93 bits per heavy atom. The van der Waals surface area contributed by atoms with Crippen molar-refractivity contribution in [3.8, 4) is 0 Å². The highest BCUT2D eigenvalue weighted by Gasteiger charge is 2.18. The van der Waals surface area contributed by atoms with E-state index in [1.165, 1.54) is 38.5 Å². The Morgan fingerprint density at radius 3 is 2.47 bits per heavy atom. The van der Waals surface area contributed by atoms with Crippen molar-refractivity contribution in [1.29, 1.82) is 0 Å². The molecular formula is C11H17IN2O. The number of hydrogen-bond acceptors (Lipinski definition) is 3. The minimum absolute atomic E-state index is 0.541. The monoisotopic (exact) mass is 320 g/mol. The number of nitrogen functional groups attached to an aromatic ring is 1. The lowest BCUT2D eigenvalue weighted by molar-refractivity contribution is 0.345. The summed E-state index contributed by atoms with van der Waals surface area (Å²) in [6.07, 6.45) is 9.20. The quantitative estimate of drug-likeness (QED) is 0.671. The van der Waals surface area contributed by atoms with Gasteiger partial charge < -0.3 is 10.3 Å². The Bertz CT molecular complexity index is 316. The first-order valence-corrected chi connectivity index (χ1v) is 6.75. The molecule has 84 valence electrons. The number of nitrogens with two attached hydrogens (primary N) is 1. The van der Waals surface area contributed by atoms with Crippen molar-refractivity contribution in [1.82, 2.24) is 5.16 Å². The summed E-state index contributed by atoms with van der Waals surface area (Å²) in [4.78, 5) is 0. The van der Waals surface area contributed by atoms with E-state index in [0.717, 1.165) is 21.7 Å². The second-order valence-electron chi connectivity index (χ2n) is 4.37. The SMILES string of the molecule is Nc1noc(CC2CCCCCC2)c1I. The highest BCUT2D eigenvalue weighted by Crippen LogP contribution is 2.28. The van der Waals surface area contributed by atoms with Gasteiger partial charge in [-0.2, -0.15) is 0 Å². The highest BCUT2D eigenvalue weighted by atomic mass is 127. The molecule has 0 spiro atoms. The van der Waals surface area contributed by atoms with Crippen molar-refractivity contribution in [2.75, 3.05) is 5.73 Å². The van der Waals surface area contributed by atoms with Crippen LogP contribution in [0.1, 0.15) is 44.3 Å². The molecular weight excluding hydrogens is 303 g/mol. The van der Waals surface area contributed by atoms with Crippen molar-refractivity contribution < 1.29 is 4.52 Å². The molecule has 0 amide bonds. The smallest absolute Gasteiger partial charge is 0.180 e. The van der Waals surface area contributed by atoms with Gasteiger partial charge in [0.1, 0.15) is 0 Å². The van der Waals surface area contributed by atoms with Gasteiger partial charge in [-0.1, -0.05) is 43.7 Å². The van der Waals surface area contributed by atoms with Gasteiger partial charge in [0.25, 0.3) is 0 Å². The Labute approximate surface area is 104 Å². The summed E-state index contributed by atoms with van der Waals surface area (Å²) in [5.41, 5.74) is 5.66. The van der Waals surface area contributed by atoms with E-state index >= 15 is 0 Å². The van der Waals surface area contributed by atoms with Crippen LogP contribution < -0.4 is 5.73 Å². The average molecular weight is 320 g/mol. The molecule has 2 N–H and O–H groups in total. The van der Waals surface area contributed by atoms with Gasteiger partial charge >= 0.3 is 0 Å². The standard InChI is InChI=1S/C11H17IN2O/c12-10-9(15-14-11(10)13)7-8-5-3-1-2-4-6-8/h8H,1-7H2,(H2,13,14). The summed E-state index contributed by atoms with van der Waals surface area (Å²) >= 11 is 2.22. The maximum atomic E-state index is 5.66. The lowest BCUT2D eigenvalue weighted by Crippen LogP contribution is -2.03. The fraction of sp³-hybridized carbons (Fsp3) is 0.727. The van der Waals surface area contributed by atoms with Crippen LogP contribution in [0.5, 0.6) is 0 Å². The lowest BCUT2D eigenvalue weighted by Gasteiger charge is -2.11. The van der Waals surface area contributed by atoms with Gasteiger partial charge in [-0.3, -0.25) is 0 Å². The molecule has 0 radical (unpaired) electrons.